The van der Waals surface area contributed by atoms with Crippen molar-refractivity contribution < 1.29 is 46.9 Å². The Balaban J connectivity index is 5.66. The van der Waals surface area contributed by atoms with E-state index in [1.54, 1.807) is 0 Å². The number of ether oxygens (including phenoxy) is 2. The van der Waals surface area contributed by atoms with Crippen LogP contribution in [0.25, 0.3) is 0 Å². The summed E-state index contributed by atoms with van der Waals surface area (Å²) in [5, 5.41) is 9.90. The van der Waals surface area contributed by atoms with Crippen LogP contribution in [0, 0.1) is 0 Å². The smallest absolute Gasteiger partial charge is 0.471 e. The van der Waals surface area contributed by atoms with Gasteiger partial charge < -0.3 is 19.9 Å². The lowest BCUT2D eigenvalue weighted by atomic mass is 9.90. The van der Waals surface area contributed by atoms with Crippen LogP contribution in [0.4, 0.5) is 13.2 Å². The zero-order chi connectivity index (χ0) is 16.8. The first kappa shape index (κ1) is 18.7. The highest BCUT2D eigenvalue weighted by atomic mass is 19.4. The molecule has 21 heavy (non-hydrogen) atoms. The predicted octanol–water partition coefficient (Wildman–Crippen LogP) is -0.385. The molecule has 0 heterocycles. The second-order valence-electron chi connectivity index (χ2n) is 3.85. The highest BCUT2D eigenvalue weighted by molar-refractivity contribution is 5.96. The molecule has 0 unspecified atom stereocenters. The first-order valence-electron chi connectivity index (χ1n) is 5.25. The van der Waals surface area contributed by atoms with Gasteiger partial charge in [-0.15, -0.1) is 0 Å². The molecule has 0 saturated carbocycles. The van der Waals surface area contributed by atoms with Crippen LogP contribution in [-0.2, 0) is 28.7 Å². The van der Waals surface area contributed by atoms with E-state index in [9.17, 15) is 32.3 Å². The second kappa shape index (κ2) is 6.90. The molecule has 11 heteroatoms. The zero-order valence-corrected chi connectivity index (χ0v) is 10.9. The van der Waals surface area contributed by atoms with Crippen molar-refractivity contribution in [3.8, 4) is 0 Å². The topological polar surface area (TPSA) is 119 Å². The van der Waals surface area contributed by atoms with Gasteiger partial charge in [0, 0.05) is 0 Å². The number of alkyl halides is 3. The zero-order valence-electron chi connectivity index (χ0n) is 10.9. The van der Waals surface area contributed by atoms with Gasteiger partial charge in [0.25, 0.3) is 0 Å². The molecule has 1 atom stereocenters. The molecule has 1 amide bonds. The number of rotatable bonds is 6. The molecule has 2 N–H and O–H groups in total. The van der Waals surface area contributed by atoms with Gasteiger partial charge in [0.1, 0.15) is 0 Å². The minimum absolute atomic E-state index is 0.760. The largest absolute Gasteiger partial charge is 0.481 e. The van der Waals surface area contributed by atoms with Gasteiger partial charge in [-0.05, 0) is 0 Å². The summed E-state index contributed by atoms with van der Waals surface area (Å²) in [4.78, 5) is 44.5. The number of carboxylic acids is 1. The molecule has 0 aliphatic rings. The van der Waals surface area contributed by atoms with Gasteiger partial charge in [-0.25, -0.2) is 4.79 Å². The van der Waals surface area contributed by atoms with E-state index in [-0.39, 0.29) is 0 Å². The highest BCUT2D eigenvalue weighted by Crippen LogP contribution is 2.23. The Morgan fingerprint density at radius 3 is 1.90 bits per heavy atom. The summed E-state index contributed by atoms with van der Waals surface area (Å²) in [6.07, 6.45) is -7.81. The molecule has 0 radical (unpaired) electrons. The second-order valence-corrected chi connectivity index (χ2v) is 3.85. The van der Waals surface area contributed by atoms with Gasteiger partial charge in [-0.3, -0.25) is 14.4 Å². The van der Waals surface area contributed by atoms with Crippen molar-refractivity contribution >= 4 is 23.8 Å². The van der Waals surface area contributed by atoms with Crippen molar-refractivity contribution in [3.63, 3.8) is 0 Å². The van der Waals surface area contributed by atoms with Crippen molar-refractivity contribution in [1.29, 1.82) is 0 Å². The maximum Gasteiger partial charge on any atom is 0.471 e. The maximum atomic E-state index is 12.3. The SMILES string of the molecule is COC(=O)C[C@](CC(=O)O)(NC(=O)C(F)(F)F)C(=O)OC. The van der Waals surface area contributed by atoms with E-state index in [0.29, 0.717) is 0 Å². The fourth-order valence-electron chi connectivity index (χ4n) is 1.41. The third kappa shape index (κ3) is 5.28. The maximum absolute atomic E-state index is 12.3. The minimum Gasteiger partial charge on any atom is -0.481 e. The fourth-order valence-corrected chi connectivity index (χ4v) is 1.41. The number of hydrogen-bond acceptors (Lipinski definition) is 6. The van der Waals surface area contributed by atoms with Gasteiger partial charge in [0.05, 0.1) is 27.1 Å². The van der Waals surface area contributed by atoms with Crippen LogP contribution in [0.2, 0.25) is 0 Å². The van der Waals surface area contributed by atoms with E-state index in [0.717, 1.165) is 14.2 Å². The van der Waals surface area contributed by atoms with Gasteiger partial charge >= 0.3 is 30.0 Å². The van der Waals surface area contributed by atoms with E-state index in [1.807, 2.05) is 0 Å². The predicted molar refractivity (Wildman–Crippen MR) is 57.8 cm³/mol. The van der Waals surface area contributed by atoms with Crippen LogP contribution < -0.4 is 5.32 Å². The van der Waals surface area contributed by atoms with Crippen molar-refractivity contribution in [2.24, 2.45) is 0 Å². The van der Waals surface area contributed by atoms with Crippen molar-refractivity contribution in [3.05, 3.63) is 0 Å². The standard InChI is InChI=1S/C10H12F3NO7/c1-20-6(17)4-9(3-5(15)16,8(19)21-2)14-7(18)10(11,12)13/h3-4H2,1-2H3,(H,14,18)(H,15,16)/t9-/m0/s1. The van der Waals surface area contributed by atoms with Crippen molar-refractivity contribution in [1.82, 2.24) is 5.32 Å². The normalized spacial score (nSPS) is 13.8. The number of carbonyl (C=O) groups excluding carboxylic acids is 3. The molecular weight excluding hydrogens is 303 g/mol. The number of halogens is 3. The Kier molecular flexibility index (Phi) is 6.14. The lowest BCUT2D eigenvalue weighted by molar-refractivity contribution is -0.180. The first-order chi connectivity index (χ1) is 9.48. The van der Waals surface area contributed by atoms with E-state index in [2.05, 4.69) is 9.47 Å². The van der Waals surface area contributed by atoms with Gasteiger partial charge in [0.2, 0.25) is 0 Å². The Morgan fingerprint density at radius 1 is 1.05 bits per heavy atom. The molecule has 0 rings (SSSR count). The van der Waals surface area contributed by atoms with Crippen molar-refractivity contribution in [2.75, 3.05) is 14.2 Å². The molecule has 0 aliphatic carbocycles. The van der Waals surface area contributed by atoms with Crippen LogP contribution in [0.1, 0.15) is 12.8 Å². The van der Waals surface area contributed by atoms with Crippen LogP contribution in [0.15, 0.2) is 0 Å². The number of methoxy groups -OCH3 is 2. The van der Waals surface area contributed by atoms with E-state index in [4.69, 9.17) is 5.11 Å². The number of hydrogen-bond donors (Lipinski definition) is 2. The number of nitrogens with one attached hydrogen (secondary N) is 1. The molecular formula is C10H12F3NO7. The van der Waals surface area contributed by atoms with E-state index < -0.39 is 48.4 Å². The highest BCUT2D eigenvalue weighted by Gasteiger charge is 2.50. The molecule has 0 aromatic rings. The third-order valence-corrected chi connectivity index (χ3v) is 2.31. The molecule has 8 nitrogen and oxygen atoms in total. The number of carboxylic acid groups (broad SMARTS) is 1. The number of amides is 1. The van der Waals surface area contributed by atoms with Gasteiger partial charge in [0.15, 0.2) is 5.54 Å². The Hall–Kier alpha value is -2.33. The summed E-state index contributed by atoms with van der Waals surface area (Å²) in [5.74, 6) is -7.04. The summed E-state index contributed by atoms with van der Waals surface area (Å²) in [6, 6.07) is 0. The quantitative estimate of drug-likeness (QED) is 0.641. The molecule has 0 fully saturated rings. The van der Waals surface area contributed by atoms with Gasteiger partial charge in [-0.1, -0.05) is 0 Å². The Labute approximate surface area is 116 Å². The molecule has 0 saturated heterocycles. The summed E-state index contributed by atoms with van der Waals surface area (Å²) in [6.45, 7) is 0. The average molecular weight is 315 g/mol. The summed E-state index contributed by atoms with van der Waals surface area (Å²) < 4.78 is 45.2. The molecule has 120 valence electrons. The average Bonchev–Trinajstić information content (AvgIpc) is 2.35. The first-order valence-corrected chi connectivity index (χ1v) is 5.25. The van der Waals surface area contributed by atoms with E-state index in [1.165, 1.54) is 5.32 Å². The van der Waals surface area contributed by atoms with Crippen molar-refractivity contribution in [2.45, 2.75) is 24.6 Å². The summed E-state index contributed by atoms with van der Waals surface area (Å²) in [7, 11) is 1.63. The number of aliphatic carboxylic acids is 1. The number of carbonyl (C=O) groups is 4. The Morgan fingerprint density at radius 2 is 1.57 bits per heavy atom. The molecule has 0 spiro atoms. The minimum atomic E-state index is -5.38. The lowest BCUT2D eigenvalue weighted by Crippen LogP contribution is -2.60. The van der Waals surface area contributed by atoms with Crippen LogP contribution in [0.3, 0.4) is 0 Å². The molecule has 0 bridgehead atoms. The molecule has 0 aliphatic heterocycles. The van der Waals surface area contributed by atoms with Crippen LogP contribution >= 0.6 is 0 Å². The van der Waals surface area contributed by atoms with Gasteiger partial charge in [-0.2, -0.15) is 13.2 Å². The molecule has 0 aromatic carbocycles. The summed E-state index contributed by atoms with van der Waals surface area (Å²) >= 11 is 0. The van der Waals surface area contributed by atoms with Crippen LogP contribution in [0.5, 0.6) is 0 Å². The molecule has 0 aromatic heterocycles. The lowest BCUT2D eigenvalue weighted by Gasteiger charge is -2.29. The Bertz CT molecular complexity index is 448. The monoisotopic (exact) mass is 315 g/mol. The van der Waals surface area contributed by atoms with E-state index >= 15 is 0 Å². The summed E-state index contributed by atoms with van der Waals surface area (Å²) in [5.41, 5.74) is -2.72. The third-order valence-electron chi connectivity index (χ3n) is 2.31. The van der Waals surface area contributed by atoms with Crippen LogP contribution in [-0.4, -0.2) is 54.9 Å². The fraction of sp³-hybridized carbons (Fsp3) is 0.600. The number of esters is 2.